The van der Waals surface area contributed by atoms with E-state index in [1.165, 1.54) is 0 Å². The second-order valence-corrected chi connectivity index (χ2v) is 3.90. The van der Waals surface area contributed by atoms with Crippen LogP contribution in [0.15, 0.2) is 24.5 Å². The molecule has 1 N–H and O–H groups in total. The lowest BCUT2D eigenvalue weighted by atomic mass is 10.1. The summed E-state index contributed by atoms with van der Waals surface area (Å²) in [6, 6.07) is 3.12. The van der Waals surface area contributed by atoms with E-state index in [2.05, 4.69) is 10.3 Å². The zero-order chi connectivity index (χ0) is 13.4. The topological polar surface area (TPSA) is 68.3 Å². The van der Waals surface area contributed by atoms with Crippen molar-refractivity contribution >= 4 is 11.9 Å². The highest BCUT2D eigenvalue weighted by Gasteiger charge is 2.15. The van der Waals surface area contributed by atoms with Crippen LogP contribution in [0.1, 0.15) is 25.8 Å². The summed E-state index contributed by atoms with van der Waals surface area (Å²) >= 11 is 0. The van der Waals surface area contributed by atoms with Gasteiger partial charge in [0.1, 0.15) is 6.04 Å². The number of hydrogen-bond donors (Lipinski definition) is 1. The van der Waals surface area contributed by atoms with Crippen LogP contribution in [-0.4, -0.2) is 29.5 Å². The molecule has 1 heterocycles. The smallest absolute Gasteiger partial charge is 0.328 e. The number of carbonyl (C=O) groups is 2. The first-order chi connectivity index (χ1) is 8.63. The molecule has 1 amide bonds. The second-order valence-electron chi connectivity index (χ2n) is 3.90. The summed E-state index contributed by atoms with van der Waals surface area (Å²) in [6.45, 7) is 3.66. The number of aryl methyl sites for hydroxylation is 1. The van der Waals surface area contributed by atoms with Gasteiger partial charge in [-0.05, 0) is 38.0 Å². The van der Waals surface area contributed by atoms with E-state index >= 15 is 0 Å². The third-order valence-corrected chi connectivity index (χ3v) is 2.41. The van der Waals surface area contributed by atoms with Gasteiger partial charge in [-0.25, -0.2) is 4.79 Å². The number of amides is 1. The molecule has 98 valence electrons. The van der Waals surface area contributed by atoms with Gasteiger partial charge in [-0.2, -0.15) is 0 Å². The molecule has 0 aromatic carbocycles. The highest BCUT2D eigenvalue weighted by Crippen LogP contribution is 2.01. The first-order valence-electron chi connectivity index (χ1n) is 5.98. The van der Waals surface area contributed by atoms with Crippen molar-refractivity contribution in [2.75, 3.05) is 6.61 Å². The number of hydrogen-bond acceptors (Lipinski definition) is 4. The molecular weight excluding hydrogens is 232 g/mol. The number of aromatic nitrogens is 1. The van der Waals surface area contributed by atoms with E-state index in [0.29, 0.717) is 19.4 Å². The molecule has 0 spiro atoms. The number of carbonyl (C=O) groups excluding carboxylic acids is 2. The lowest BCUT2D eigenvalue weighted by Crippen LogP contribution is -2.39. The van der Waals surface area contributed by atoms with E-state index in [-0.39, 0.29) is 5.91 Å². The first kappa shape index (κ1) is 14.2. The minimum absolute atomic E-state index is 0.160. The van der Waals surface area contributed by atoms with Crippen molar-refractivity contribution in [2.24, 2.45) is 0 Å². The lowest BCUT2D eigenvalue weighted by molar-refractivity contribution is -0.146. The van der Waals surface area contributed by atoms with E-state index in [9.17, 15) is 9.59 Å². The van der Waals surface area contributed by atoms with Gasteiger partial charge in [0.25, 0.3) is 0 Å². The minimum atomic E-state index is -0.602. The fourth-order valence-corrected chi connectivity index (χ4v) is 1.45. The molecular formula is C13H18N2O3. The Morgan fingerprint density at radius 3 is 2.67 bits per heavy atom. The average Bonchev–Trinajstić information content (AvgIpc) is 2.38. The predicted molar refractivity (Wildman–Crippen MR) is 66.8 cm³/mol. The maximum absolute atomic E-state index is 11.6. The van der Waals surface area contributed by atoms with Gasteiger partial charge < -0.3 is 10.1 Å². The van der Waals surface area contributed by atoms with Gasteiger partial charge in [-0.15, -0.1) is 0 Å². The maximum atomic E-state index is 11.6. The van der Waals surface area contributed by atoms with Crippen molar-refractivity contribution < 1.29 is 14.3 Å². The molecule has 0 saturated heterocycles. The zero-order valence-corrected chi connectivity index (χ0v) is 10.7. The number of pyridine rings is 1. The number of nitrogens with zero attached hydrogens (tertiary/aromatic N) is 1. The van der Waals surface area contributed by atoms with Gasteiger partial charge in [-0.1, -0.05) is 0 Å². The molecule has 18 heavy (non-hydrogen) atoms. The predicted octanol–water partition coefficient (Wildman–Crippen LogP) is 1.08. The molecule has 0 aliphatic carbocycles. The number of rotatable bonds is 6. The normalized spacial score (nSPS) is 11.7. The van der Waals surface area contributed by atoms with Crippen LogP contribution in [0.25, 0.3) is 0 Å². The summed E-state index contributed by atoms with van der Waals surface area (Å²) in [4.78, 5) is 26.8. The molecule has 0 saturated carbocycles. The maximum Gasteiger partial charge on any atom is 0.328 e. The summed E-state index contributed by atoms with van der Waals surface area (Å²) in [5.74, 6) is -0.567. The van der Waals surface area contributed by atoms with Crippen molar-refractivity contribution in [1.82, 2.24) is 10.3 Å². The van der Waals surface area contributed by atoms with Gasteiger partial charge in [0.15, 0.2) is 0 Å². The summed E-state index contributed by atoms with van der Waals surface area (Å²) < 4.78 is 4.81. The van der Waals surface area contributed by atoms with E-state index in [4.69, 9.17) is 4.74 Å². The summed E-state index contributed by atoms with van der Waals surface area (Å²) in [5.41, 5.74) is 1.05. The summed E-state index contributed by atoms with van der Waals surface area (Å²) in [5, 5.41) is 2.61. The summed E-state index contributed by atoms with van der Waals surface area (Å²) in [7, 11) is 0. The second kappa shape index (κ2) is 7.42. The Kier molecular flexibility index (Phi) is 5.84. The molecule has 5 nitrogen and oxygen atoms in total. The number of nitrogens with one attached hydrogen (secondary N) is 1. The fourth-order valence-electron chi connectivity index (χ4n) is 1.45. The Balaban J connectivity index is 2.31. The number of ether oxygens (including phenoxy) is 1. The zero-order valence-electron chi connectivity index (χ0n) is 10.7. The van der Waals surface area contributed by atoms with Crippen molar-refractivity contribution in [3.63, 3.8) is 0 Å². The van der Waals surface area contributed by atoms with Crippen molar-refractivity contribution in [3.05, 3.63) is 30.1 Å². The van der Waals surface area contributed by atoms with E-state index < -0.39 is 12.0 Å². The molecule has 1 aromatic heterocycles. The van der Waals surface area contributed by atoms with Crippen LogP contribution >= 0.6 is 0 Å². The van der Waals surface area contributed by atoms with Crippen LogP contribution < -0.4 is 5.32 Å². The molecule has 5 heteroatoms. The average molecular weight is 250 g/mol. The number of esters is 1. The molecule has 1 aromatic rings. The standard InChI is InChI=1S/C13H18N2O3/c1-3-18-13(17)10(2)15-12(16)5-4-11-6-8-14-9-7-11/h6-10H,3-5H2,1-2H3,(H,15,16). The molecule has 0 radical (unpaired) electrons. The van der Waals surface area contributed by atoms with Crippen molar-refractivity contribution in [3.8, 4) is 0 Å². The van der Waals surface area contributed by atoms with E-state index in [1.54, 1.807) is 26.2 Å². The molecule has 1 rings (SSSR count). The fraction of sp³-hybridized carbons (Fsp3) is 0.462. The molecule has 0 fully saturated rings. The largest absolute Gasteiger partial charge is 0.464 e. The Hall–Kier alpha value is -1.91. The van der Waals surface area contributed by atoms with Gasteiger partial charge in [0, 0.05) is 18.8 Å². The molecule has 1 atom stereocenters. The summed E-state index contributed by atoms with van der Waals surface area (Å²) in [6.07, 6.45) is 4.35. The lowest BCUT2D eigenvalue weighted by Gasteiger charge is -2.12. The first-order valence-corrected chi connectivity index (χ1v) is 5.98. The molecule has 0 aliphatic rings. The molecule has 0 bridgehead atoms. The third kappa shape index (κ3) is 4.95. The van der Waals surface area contributed by atoms with E-state index in [0.717, 1.165) is 5.56 Å². The van der Waals surface area contributed by atoms with Crippen LogP contribution in [0.2, 0.25) is 0 Å². The monoisotopic (exact) mass is 250 g/mol. The van der Waals surface area contributed by atoms with Crippen LogP contribution in [0.4, 0.5) is 0 Å². The molecule has 0 aliphatic heterocycles. The molecule has 1 unspecified atom stereocenters. The van der Waals surface area contributed by atoms with Crippen LogP contribution in [0.5, 0.6) is 0 Å². The van der Waals surface area contributed by atoms with Gasteiger partial charge >= 0.3 is 5.97 Å². The van der Waals surface area contributed by atoms with Gasteiger partial charge in [0.05, 0.1) is 6.61 Å². The SMILES string of the molecule is CCOC(=O)C(C)NC(=O)CCc1ccncc1. The Morgan fingerprint density at radius 1 is 1.39 bits per heavy atom. The van der Waals surface area contributed by atoms with Crippen LogP contribution in [0, 0.1) is 0 Å². The minimum Gasteiger partial charge on any atom is -0.464 e. The van der Waals surface area contributed by atoms with Crippen molar-refractivity contribution in [2.45, 2.75) is 32.7 Å². The Bertz CT molecular complexity index is 392. The highest BCUT2D eigenvalue weighted by molar-refractivity contribution is 5.84. The van der Waals surface area contributed by atoms with Crippen LogP contribution in [0.3, 0.4) is 0 Å². The van der Waals surface area contributed by atoms with Gasteiger partial charge in [0.2, 0.25) is 5.91 Å². The third-order valence-electron chi connectivity index (χ3n) is 2.41. The van der Waals surface area contributed by atoms with E-state index in [1.807, 2.05) is 12.1 Å². The quantitative estimate of drug-likeness (QED) is 0.767. The van der Waals surface area contributed by atoms with Gasteiger partial charge in [-0.3, -0.25) is 9.78 Å². The Labute approximate surface area is 107 Å². The van der Waals surface area contributed by atoms with Crippen molar-refractivity contribution in [1.29, 1.82) is 0 Å². The highest BCUT2D eigenvalue weighted by atomic mass is 16.5. The Morgan fingerprint density at radius 2 is 2.06 bits per heavy atom. The van der Waals surface area contributed by atoms with Crippen LogP contribution in [-0.2, 0) is 20.7 Å².